The quantitative estimate of drug-likeness (QED) is 0.832. The van der Waals surface area contributed by atoms with Crippen LogP contribution in [0.1, 0.15) is 19.8 Å². The highest BCUT2D eigenvalue weighted by Crippen LogP contribution is 2.40. The van der Waals surface area contributed by atoms with Gasteiger partial charge in [-0.25, -0.2) is 0 Å². The molecule has 5 heteroatoms. The molecule has 0 aromatic carbocycles. The minimum absolute atomic E-state index is 0.170. The van der Waals surface area contributed by atoms with E-state index in [1.807, 2.05) is 10.9 Å². The van der Waals surface area contributed by atoms with Gasteiger partial charge >= 0.3 is 0 Å². The maximum absolute atomic E-state index is 9.67. The molecular formula is C11H18BrN3O. The molecule has 1 aromatic rings. The molecule has 2 rings (SSSR count). The average molecular weight is 288 g/mol. The predicted molar refractivity (Wildman–Crippen MR) is 66.1 cm³/mol. The molecule has 16 heavy (non-hydrogen) atoms. The number of hydrogen-bond donors (Lipinski definition) is 2. The van der Waals surface area contributed by atoms with Crippen molar-refractivity contribution in [1.29, 1.82) is 0 Å². The van der Waals surface area contributed by atoms with Gasteiger partial charge in [0.2, 0.25) is 0 Å². The van der Waals surface area contributed by atoms with Gasteiger partial charge in [0.05, 0.1) is 29.4 Å². The number of halogens is 1. The van der Waals surface area contributed by atoms with Gasteiger partial charge in [-0.05, 0) is 41.2 Å². The lowest BCUT2D eigenvalue weighted by Gasteiger charge is -2.33. The fourth-order valence-electron chi connectivity index (χ4n) is 2.27. The first-order chi connectivity index (χ1) is 7.70. The molecule has 1 aliphatic rings. The van der Waals surface area contributed by atoms with Gasteiger partial charge in [0.15, 0.2) is 0 Å². The van der Waals surface area contributed by atoms with Gasteiger partial charge in [-0.3, -0.25) is 4.68 Å². The summed E-state index contributed by atoms with van der Waals surface area (Å²) in [5.41, 5.74) is -0.194. The Labute approximate surface area is 104 Å². The topological polar surface area (TPSA) is 50.1 Å². The number of nitrogens with zero attached hydrogens (tertiary/aromatic N) is 2. The number of hydrogen-bond acceptors (Lipinski definition) is 3. The molecule has 90 valence electrons. The molecule has 4 nitrogen and oxygen atoms in total. The molecule has 1 aromatic heterocycles. The molecule has 0 spiro atoms. The molecule has 0 radical (unpaired) electrons. The van der Waals surface area contributed by atoms with Crippen molar-refractivity contribution < 1.29 is 5.11 Å². The Morgan fingerprint density at radius 3 is 2.88 bits per heavy atom. The highest BCUT2D eigenvalue weighted by molar-refractivity contribution is 9.10. The van der Waals surface area contributed by atoms with Gasteiger partial charge in [0.1, 0.15) is 0 Å². The third-order valence-electron chi connectivity index (χ3n) is 3.22. The van der Waals surface area contributed by atoms with Crippen LogP contribution in [0.25, 0.3) is 0 Å². The first kappa shape index (κ1) is 12.1. The summed E-state index contributed by atoms with van der Waals surface area (Å²) in [4.78, 5) is 0. The van der Waals surface area contributed by atoms with Crippen LogP contribution in [0.4, 0.5) is 0 Å². The normalized spacial score (nSPS) is 19.7. The zero-order valence-electron chi connectivity index (χ0n) is 9.49. The van der Waals surface area contributed by atoms with Crippen molar-refractivity contribution >= 4 is 15.9 Å². The van der Waals surface area contributed by atoms with Gasteiger partial charge in [0.25, 0.3) is 0 Å². The third kappa shape index (κ3) is 2.47. The first-order valence-corrected chi connectivity index (χ1v) is 6.53. The summed E-state index contributed by atoms with van der Waals surface area (Å²) in [6.07, 6.45) is 6.14. The molecular weight excluding hydrogens is 270 g/mol. The van der Waals surface area contributed by atoms with E-state index < -0.39 is 0 Å². The Morgan fingerprint density at radius 1 is 1.69 bits per heavy atom. The van der Waals surface area contributed by atoms with E-state index in [1.54, 1.807) is 6.20 Å². The van der Waals surface area contributed by atoms with Crippen molar-refractivity contribution in [3.63, 3.8) is 0 Å². The van der Waals surface area contributed by atoms with Crippen LogP contribution in [0, 0.1) is 5.92 Å². The number of aliphatic hydroxyl groups is 1. The fourth-order valence-corrected chi connectivity index (χ4v) is 2.59. The average Bonchev–Trinajstić information content (AvgIpc) is 3.04. The summed E-state index contributed by atoms with van der Waals surface area (Å²) < 4.78 is 2.87. The Balaban J connectivity index is 2.12. The van der Waals surface area contributed by atoms with E-state index in [9.17, 15) is 5.11 Å². The highest BCUT2D eigenvalue weighted by Gasteiger charge is 2.44. The Hall–Kier alpha value is -0.390. The summed E-state index contributed by atoms with van der Waals surface area (Å²) in [6.45, 7) is 3.85. The lowest BCUT2D eigenvalue weighted by atomic mass is 9.94. The number of aromatic nitrogens is 2. The van der Waals surface area contributed by atoms with E-state index in [2.05, 4.69) is 33.3 Å². The Morgan fingerprint density at radius 2 is 2.44 bits per heavy atom. The minimum Gasteiger partial charge on any atom is -0.394 e. The number of nitrogens with one attached hydrogen (secondary N) is 1. The molecule has 0 amide bonds. The van der Waals surface area contributed by atoms with Crippen LogP contribution in [-0.4, -0.2) is 33.6 Å². The molecule has 0 aliphatic heterocycles. The van der Waals surface area contributed by atoms with Gasteiger partial charge in [-0.1, -0.05) is 6.92 Å². The van der Waals surface area contributed by atoms with Crippen LogP contribution in [0.15, 0.2) is 16.9 Å². The second-order valence-electron chi connectivity index (χ2n) is 4.47. The molecule has 1 aliphatic carbocycles. The fraction of sp³-hybridized carbons (Fsp3) is 0.727. The van der Waals surface area contributed by atoms with Crippen LogP contribution < -0.4 is 5.32 Å². The SMILES string of the molecule is CCNC(CO)(Cn1cc(Br)cn1)C1CC1. The number of likely N-dealkylation sites (N-methyl/N-ethyl adjacent to an activating group) is 1. The van der Waals surface area contributed by atoms with Crippen molar-refractivity contribution in [1.82, 2.24) is 15.1 Å². The summed E-state index contributed by atoms with van der Waals surface area (Å²) in [5.74, 6) is 0.584. The minimum atomic E-state index is -0.194. The molecule has 0 bridgehead atoms. The zero-order valence-corrected chi connectivity index (χ0v) is 11.1. The van der Waals surface area contributed by atoms with E-state index >= 15 is 0 Å². The predicted octanol–water partition coefficient (Wildman–Crippen LogP) is 1.40. The van der Waals surface area contributed by atoms with E-state index in [0.717, 1.165) is 17.6 Å². The lowest BCUT2D eigenvalue weighted by Crippen LogP contribution is -2.53. The molecule has 2 N–H and O–H groups in total. The third-order valence-corrected chi connectivity index (χ3v) is 3.63. The van der Waals surface area contributed by atoms with Crippen LogP contribution in [0.2, 0.25) is 0 Å². The highest BCUT2D eigenvalue weighted by atomic mass is 79.9. The van der Waals surface area contributed by atoms with Crippen molar-refractivity contribution in [2.24, 2.45) is 5.92 Å². The maximum atomic E-state index is 9.67. The molecule has 1 unspecified atom stereocenters. The molecule has 1 heterocycles. The standard InChI is InChI=1S/C11H18BrN3O/c1-2-13-11(8-16,9-3-4-9)7-15-6-10(12)5-14-15/h5-6,9,13,16H,2-4,7-8H2,1H3. The Bertz CT molecular complexity index is 351. The zero-order chi connectivity index (χ0) is 11.6. The van der Waals surface area contributed by atoms with Crippen molar-refractivity contribution in [2.45, 2.75) is 31.8 Å². The monoisotopic (exact) mass is 287 g/mol. The van der Waals surface area contributed by atoms with Crippen molar-refractivity contribution in [3.8, 4) is 0 Å². The lowest BCUT2D eigenvalue weighted by molar-refractivity contribution is 0.120. The van der Waals surface area contributed by atoms with Gasteiger partial charge < -0.3 is 10.4 Å². The van der Waals surface area contributed by atoms with Gasteiger partial charge in [-0.15, -0.1) is 0 Å². The first-order valence-electron chi connectivity index (χ1n) is 5.74. The van der Waals surface area contributed by atoms with Gasteiger partial charge in [-0.2, -0.15) is 5.10 Å². The maximum Gasteiger partial charge on any atom is 0.0641 e. The summed E-state index contributed by atoms with van der Waals surface area (Å²) >= 11 is 3.39. The molecule has 1 atom stereocenters. The largest absolute Gasteiger partial charge is 0.394 e. The van der Waals surface area contributed by atoms with Gasteiger partial charge in [0, 0.05) is 6.20 Å². The molecule has 1 saturated carbocycles. The van der Waals surface area contributed by atoms with Crippen LogP contribution in [-0.2, 0) is 6.54 Å². The smallest absolute Gasteiger partial charge is 0.0641 e. The molecule has 1 fully saturated rings. The number of rotatable bonds is 6. The van der Waals surface area contributed by atoms with Crippen molar-refractivity contribution in [2.75, 3.05) is 13.2 Å². The van der Waals surface area contributed by atoms with Crippen LogP contribution >= 0.6 is 15.9 Å². The van der Waals surface area contributed by atoms with E-state index in [1.165, 1.54) is 12.8 Å². The van der Waals surface area contributed by atoms with E-state index in [0.29, 0.717) is 5.92 Å². The molecule has 0 saturated heterocycles. The summed E-state index contributed by atoms with van der Waals surface area (Å²) in [6, 6.07) is 0. The number of aliphatic hydroxyl groups excluding tert-OH is 1. The van der Waals surface area contributed by atoms with Crippen LogP contribution in [0.5, 0.6) is 0 Å². The van der Waals surface area contributed by atoms with Crippen molar-refractivity contribution in [3.05, 3.63) is 16.9 Å². The van der Waals surface area contributed by atoms with E-state index in [4.69, 9.17) is 0 Å². The summed E-state index contributed by atoms with van der Waals surface area (Å²) in [7, 11) is 0. The second kappa shape index (κ2) is 4.85. The van der Waals surface area contributed by atoms with Crippen LogP contribution in [0.3, 0.4) is 0 Å². The van der Waals surface area contributed by atoms with E-state index in [-0.39, 0.29) is 12.1 Å². The second-order valence-corrected chi connectivity index (χ2v) is 5.39. The Kier molecular flexibility index (Phi) is 3.66. The summed E-state index contributed by atoms with van der Waals surface area (Å²) in [5, 5.41) is 17.4.